The third-order valence-electron chi connectivity index (χ3n) is 4.43. The number of halogens is 2. The van der Waals surface area contributed by atoms with Gasteiger partial charge in [0.05, 0.1) is 23.8 Å². The molecule has 1 saturated heterocycles. The number of benzene rings is 2. The Morgan fingerprint density at radius 3 is 2.57 bits per heavy atom. The number of carbonyl (C=O) groups is 1. The number of carbonyl (C=O) groups excluding carboxylic acids is 1. The summed E-state index contributed by atoms with van der Waals surface area (Å²) in [7, 11) is -4.07. The molecule has 1 heterocycles. The molecule has 2 aromatic rings. The van der Waals surface area contributed by atoms with Gasteiger partial charge in [-0.2, -0.15) is 0 Å². The molecule has 0 saturated carbocycles. The van der Waals surface area contributed by atoms with E-state index in [0.717, 1.165) is 12.1 Å². The molecule has 1 aliphatic heterocycles. The van der Waals surface area contributed by atoms with Crippen LogP contribution < -0.4 is 4.72 Å². The van der Waals surface area contributed by atoms with E-state index in [0.29, 0.717) is 13.2 Å². The number of nitrogens with zero attached hydrogens (tertiary/aromatic N) is 1. The van der Waals surface area contributed by atoms with Gasteiger partial charge in [-0.3, -0.25) is 9.52 Å². The Balaban J connectivity index is 1.90. The molecular weight excluding hydrogens is 407 g/mol. The number of hydrogen-bond acceptors (Lipinski definition) is 4. The van der Waals surface area contributed by atoms with Gasteiger partial charge in [0, 0.05) is 17.8 Å². The maximum Gasteiger partial charge on any atom is 0.263 e. The van der Waals surface area contributed by atoms with Crippen molar-refractivity contribution in [1.29, 1.82) is 0 Å². The largest absolute Gasteiger partial charge is 0.375 e. The molecule has 0 aliphatic carbocycles. The lowest BCUT2D eigenvalue weighted by Crippen LogP contribution is -2.50. The second-order valence-electron chi connectivity index (χ2n) is 6.71. The zero-order chi connectivity index (χ0) is 20.5. The SMILES string of the molecule is CC1CN(C(=O)c2ccc(Cl)c(S(=O)(=O)Nc3ccc(F)cc3)c2)C(C)CO1. The number of rotatable bonds is 4. The van der Waals surface area contributed by atoms with Crippen LogP contribution in [-0.4, -0.2) is 44.5 Å². The van der Waals surface area contributed by atoms with Crippen LogP contribution in [0.15, 0.2) is 47.4 Å². The number of hydrogen-bond donors (Lipinski definition) is 1. The Bertz CT molecular complexity index is 982. The van der Waals surface area contributed by atoms with Crippen molar-refractivity contribution in [3.63, 3.8) is 0 Å². The van der Waals surface area contributed by atoms with Gasteiger partial charge in [0.1, 0.15) is 10.7 Å². The molecule has 0 aromatic heterocycles. The van der Waals surface area contributed by atoms with E-state index >= 15 is 0 Å². The van der Waals surface area contributed by atoms with E-state index in [4.69, 9.17) is 16.3 Å². The van der Waals surface area contributed by atoms with E-state index < -0.39 is 15.8 Å². The van der Waals surface area contributed by atoms with Gasteiger partial charge in [-0.25, -0.2) is 12.8 Å². The van der Waals surface area contributed by atoms with Crippen molar-refractivity contribution in [2.45, 2.75) is 30.9 Å². The molecule has 150 valence electrons. The molecule has 2 unspecified atom stereocenters. The first-order valence-electron chi connectivity index (χ1n) is 8.68. The molecule has 2 atom stereocenters. The minimum atomic E-state index is -4.07. The van der Waals surface area contributed by atoms with Gasteiger partial charge in [0.15, 0.2) is 0 Å². The van der Waals surface area contributed by atoms with E-state index in [1.807, 2.05) is 13.8 Å². The van der Waals surface area contributed by atoms with Crippen LogP contribution >= 0.6 is 11.6 Å². The Labute approximate surface area is 168 Å². The van der Waals surface area contributed by atoms with Crippen LogP contribution in [0.4, 0.5) is 10.1 Å². The fourth-order valence-corrected chi connectivity index (χ4v) is 4.51. The Hall–Kier alpha value is -2.16. The van der Waals surface area contributed by atoms with E-state index in [1.54, 1.807) is 4.90 Å². The third kappa shape index (κ3) is 4.45. The first-order valence-corrected chi connectivity index (χ1v) is 10.5. The molecule has 1 amide bonds. The molecule has 3 rings (SSSR count). The van der Waals surface area contributed by atoms with Crippen molar-refractivity contribution in [2.24, 2.45) is 0 Å². The third-order valence-corrected chi connectivity index (χ3v) is 6.30. The maximum absolute atomic E-state index is 13.0. The van der Waals surface area contributed by atoms with Crippen LogP contribution in [0.3, 0.4) is 0 Å². The summed E-state index contributed by atoms with van der Waals surface area (Å²) < 4.78 is 46.4. The van der Waals surface area contributed by atoms with Gasteiger partial charge in [-0.15, -0.1) is 0 Å². The standard InChI is InChI=1S/C19H20ClFN2O4S/c1-12-11-27-13(2)10-23(12)19(24)14-3-8-17(20)18(9-14)28(25,26)22-16-6-4-15(21)5-7-16/h3-9,12-13,22H,10-11H2,1-2H3. The lowest BCUT2D eigenvalue weighted by Gasteiger charge is -2.36. The van der Waals surface area contributed by atoms with Gasteiger partial charge in [0.25, 0.3) is 15.9 Å². The highest BCUT2D eigenvalue weighted by atomic mass is 35.5. The zero-order valence-corrected chi connectivity index (χ0v) is 16.9. The minimum absolute atomic E-state index is 0.0189. The summed E-state index contributed by atoms with van der Waals surface area (Å²) in [6, 6.07) is 8.87. The Morgan fingerprint density at radius 2 is 1.89 bits per heavy atom. The van der Waals surface area contributed by atoms with E-state index in [9.17, 15) is 17.6 Å². The molecule has 1 aliphatic rings. The van der Waals surface area contributed by atoms with Gasteiger partial charge in [0.2, 0.25) is 0 Å². The molecule has 1 N–H and O–H groups in total. The number of anilines is 1. The molecule has 0 bridgehead atoms. The van der Waals surface area contributed by atoms with Crippen molar-refractivity contribution in [1.82, 2.24) is 4.90 Å². The van der Waals surface area contributed by atoms with Crippen molar-refractivity contribution < 1.29 is 22.3 Å². The molecular formula is C19H20ClFN2O4S. The van der Waals surface area contributed by atoms with Crippen LogP contribution in [0.2, 0.25) is 5.02 Å². The van der Waals surface area contributed by atoms with Gasteiger partial charge in [-0.05, 0) is 56.3 Å². The van der Waals surface area contributed by atoms with E-state index in [-0.39, 0.29) is 39.2 Å². The summed E-state index contributed by atoms with van der Waals surface area (Å²) in [5.74, 6) is -0.778. The molecule has 6 nitrogen and oxygen atoms in total. The summed E-state index contributed by atoms with van der Waals surface area (Å²) in [5, 5.41) is -0.0189. The second-order valence-corrected chi connectivity index (χ2v) is 8.77. The predicted octanol–water partition coefficient (Wildman–Crippen LogP) is 3.53. The normalized spacial score (nSPS) is 20.1. The van der Waals surface area contributed by atoms with E-state index in [2.05, 4.69) is 4.72 Å². The van der Waals surface area contributed by atoms with Gasteiger partial charge in [-0.1, -0.05) is 11.6 Å². The number of ether oxygens (including phenoxy) is 1. The summed E-state index contributed by atoms with van der Waals surface area (Å²) >= 11 is 6.09. The summed E-state index contributed by atoms with van der Waals surface area (Å²) in [6.45, 7) is 4.57. The highest BCUT2D eigenvalue weighted by Gasteiger charge is 2.29. The summed E-state index contributed by atoms with van der Waals surface area (Å²) in [5.41, 5.74) is 0.398. The summed E-state index contributed by atoms with van der Waals surface area (Å²) in [4.78, 5) is 14.3. The second kappa shape index (κ2) is 8.06. The highest BCUT2D eigenvalue weighted by molar-refractivity contribution is 7.92. The van der Waals surface area contributed by atoms with Gasteiger partial charge >= 0.3 is 0 Å². The first kappa shape index (κ1) is 20.6. The highest BCUT2D eigenvalue weighted by Crippen LogP contribution is 2.26. The van der Waals surface area contributed by atoms with Crippen LogP contribution in [0.1, 0.15) is 24.2 Å². The van der Waals surface area contributed by atoms with Crippen LogP contribution in [0.5, 0.6) is 0 Å². The topological polar surface area (TPSA) is 75.7 Å². The molecule has 2 aromatic carbocycles. The Kier molecular flexibility index (Phi) is 5.92. The molecule has 0 spiro atoms. The predicted molar refractivity (Wildman–Crippen MR) is 105 cm³/mol. The van der Waals surface area contributed by atoms with E-state index in [1.165, 1.54) is 30.3 Å². The molecule has 1 fully saturated rings. The molecule has 9 heteroatoms. The fraction of sp³-hybridized carbons (Fsp3) is 0.316. The van der Waals surface area contributed by atoms with Crippen LogP contribution in [0, 0.1) is 5.82 Å². The number of sulfonamides is 1. The average molecular weight is 427 g/mol. The van der Waals surface area contributed by atoms with Crippen molar-refractivity contribution in [3.05, 3.63) is 58.9 Å². The smallest absolute Gasteiger partial charge is 0.263 e. The average Bonchev–Trinajstić information content (AvgIpc) is 2.65. The summed E-state index contributed by atoms with van der Waals surface area (Å²) in [6.07, 6.45) is -0.101. The van der Waals surface area contributed by atoms with Gasteiger partial charge < -0.3 is 9.64 Å². The van der Waals surface area contributed by atoms with Crippen molar-refractivity contribution in [3.8, 4) is 0 Å². The zero-order valence-electron chi connectivity index (χ0n) is 15.4. The molecule has 28 heavy (non-hydrogen) atoms. The quantitative estimate of drug-likeness (QED) is 0.811. The van der Waals surface area contributed by atoms with Crippen molar-refractivity contribution in [2.75, 3.05) is 17.9 Å². The monoisotopic (exact) mass is 426 g/mol. The maximum atomic E-state index is 13.0. The fourth-order valence-electron chi connectivity index (χ4n) is 2.92. The lowest BCUT2D eigenvalue weighted by molar-refractivity contribution is -0.0387. The van der Waals surface area contributed by atoms with Crippen molar-refractivity contribution >= 4 is 33.2 Å². The minimum Gasteiger partial charge on any atom is -0.375 e. The molecule has 0 radical (unpaired) electrons. The number of nitrogens with one attached hydrogen (secondary N) is 1. The first-order chi connectivity index (χ1) is 13.2. The van der Waals surface area contributed by atoms with Crippen LogP contribution in [0.25, 0.3) is 0 Å². The number of amides is 1. The van der Waals surface area contributed by atoms with Crippen LogP contribution in [-0.2, 0) is 14.8 Å². The number of morpholine rings is 1. The Morgan fingerprint density at radius 1 is 1.21 bits per heavy atom. The lowest BCUT2D eigenvalue weighted by atomic mass is 10.1.